The Morgan fingerprint density at radius 3 is 3.11 bits per heavy atom. The first-order valence-electron chi connectivity index (χ1n) is 7.10. The highest BCUT2D eigenvalue weighted by atomic mass is 32.2. The molecule has 3 rings (SSSR count). The van der Waals surface area contributed by atoms with Crippen LogP contribution in [0.4, 0.5) is 0 Å². The van der Waals surface area contributed by atoms with Crippen LogP contribution in [-0.2, 0) is 0 Å². The smallest absolute Gasteiger partial charge is 0.257 e. The molecule has 1 aliphatic rings. The fourth-order valence-electron chi connectivity index (χ4n) is 2.63. The third-order valence-electron chi connectivity index (χ3n) is 3.61. The van der Waals surface area contributed by atoms with Crippen LogP contribution in [0.25, 0.3) is 11.1 Å². The van der Waals surface area contributed by atoms with E-state index in [1.165, 1.54) is 25.7 Å². The van der Waals surface area contributed by atoms with Crippen molar-refractivity contribution < 1.29 is 4.42 Å². The first-order valence-corrected chi connectivity index (χ1v) is 7.98. The molecule has 2 atom stereocenters. The SMILES string of the molecule is CCCNC1CCC(Sc2nc3ccccc3o2)C1. The standard InChI is InChI=1S/C15H20N2OS/c1-2-9-16-11-7-8-12(10-11)19-15-17-13-5-3-4-6-14(13)18-15/h3-6,11-12,16H,2,7-10H2,1H3. The van der Waals surface area contributed by atoms with Gasteiger partial charge in [0.2, 0.25) is 0 Å². The maximum absolute atomic E-state index is 5.78. The first kappa shape index (κ1) is 13.0. The first-order chi connectivity index (χ1) is 9.35. The molecule has 1 aromatic carbocycles. The van der Waals surface area contributed by atoms with E-state index in [9.17, 15) is 0 Å². The fourth-order valence-corrected chi connectivity index (χ4v) is 3.78. The maximum Gasteiger partial charge on any atom is 0.257 e. The van der Waals surface area contributed by atoms with Gasteiger partial charge < -0.3 is 9.73 Å². The summed E-state index contributed by atoms with van der Waals surface area (Å²) in [5.74, 6) is 0. The van der Waals surface area contributed by atoms with E-state index in [0.717, 1.165) is 22.9 Å². The van der Waals surface area contributed by atoms with Gasteiger partial charge in [0.05, 0.1) is 0 Å². The van der Waals surface area contributed by atoms with Crippen LogP contribution in [0.3, 0.4) is 0 Å². The van der Waals surface area contributed by atoms with Crippen molar-refractivity contribution >= 4 is 22.9 Å². The van der Waals surface area contributed by atoms with Gasteiger partial charge in [0.1, 0.15) is 5.52 Å². The van der Waals surface area contributed by atoms with Crippen LogP contribution < -0.4 is 5.32 Å². The van der Waals surface area contributed by atoms with Crippen molar-refractivity contribution in [2.75, 3.05) is 6.54 Å². The Morgan fingerprint density at radius 2 is 2.26 bits per heavy atom. The molecule has 2 aromatic rings. The van der Waals surface area contributed by atoms with E-state index >= 15 is 0 Å². The van der Waals surface area contributed by atoms with Crippen molar-refractivity contribution in [3.63, 3.8) is 0 Å². The van der Waals surface area contributed by atoms with Crippen LogP contribution in [0.5, 0.6) is 0 Å². The van der Waals surface area contributed by atoms with Gasteiger partial charge in [-0.05, 0) is 44.4 Å². The van der Waals surface area contributed by atoms with Crippen molar-refractivity contribution in [2.45, 2.75) is 49.1 Å². The van der Waals surface area contributed by atoms with E-state index < -0.39 is 0 Å². The zero-order chi connectivity index (χ0) is 13.1. The highest BCUT2D eigenvalue weighted by Crippen LogP contribution is 2.35. The molecule has 3 nitrogen and oxygen atoms in total. The van der Waals surface area contributed by atoms with E-state index in [1.807, 2.05) is 24.3 Å². The molecule has 102 valence electrons. The predicted octanol–water partition coefficient (Wildman–Crippen LogP) is 3.84. The zero-order valence-electron chi connectivity index (χ0n) is 11.3. The van der Waals surface area contributed by atoms with Crippen LogP contribution in [0.15, 0.2) is 33.9 Å². The van der Waals surface area contributed by atoms with Gasteiger partial charge in [-0.15, -0.1) is 0 Å². The molecule has 1 fully saturated rings. The fraction of sp³-hybridized carbons (Fsp3) is 0.533. The summed E-state index contributed by atoms with van der Waals surface area (Å²) in [7, 11) is 0. The lowest BCUT2D eigenvalue weighted by molar-refractivity contribution is 0.487. The second kappa shape index (κ2) is 5.97. The van der Waals surface area contributed by atoms with Crippen molar-refractivity contribution in [1.29, 1.82) is 0 Å². The minimum Gasteiger partial charge on any atom is -0.431 e. The quantitative estimate of drug-likeness (QED) is 0.900. The van der Waals surface area contributed by atoms with Crippen molar-refractivity contribution in [2.24, 2.45) is 0 Å². The second-order valence-corrected chi connectivity index (χ2v) is 6.40. The van der Waals surface area contributed by atoms with Crippen LogP contribution in [-0.4, -0.2) is 22.8 Å². The van der Waals surface area contributed by atoms with Crippen LogP contribution in [0.2, 0.25) is 0 Å². The summed E-state index contributed by atoms with van der Waals surface area (Å²) in [6.45, 7) is 3.34. The average molecular weight is 276 g/mol. The average Bonchev–Trinajstić information content (AvgIpc) is 3.02. The minimum absolute atomic E-state index is 0.641. The summed E-state index contributed by atoms with van der Waals surface area (Å²) in [5.41, 5.74) is 1.85. The normalized spacial score (nSPS) is 23.2. The number of nitrogens with zero attached hydrogens (tertiary/aromatic N) is 1. The predicted molar refractivity (Wildman–Crippen MR) is 79.6 cm³/mol. The molecule has 1 N–H and O–H groups in total. The third-order valence-corrected chi connectivity index (χ3v) is 4.75. The molecule has 1 aliphatic carbocycles. The van der Waals surface area contributed by atoms with Crippen molar-refractivity contribution in [3.05, 3.63) is 24.3 Å². The van der Waals surface area contributed by atoms with E-state index in [-0.39, 0.29) is 0 Å². The summed E-state index contributed by atoms with van der Waals surface area (Å²) in [6, 6.07) is 8.65. The molecular weight excluding hydrogens is 256 g/mol. The van der Waals surface area contributed by atoms with Crippen LogP contribution in [0, 0.1) is 0 Å². The molecule has 0 amide bonds. The topological polar surface area (TPSA) is 38.1 Å². The molecule has 0 radical (unpaired) electrons. The number of hydrogen-bond donors (Lipinski definition) is 1. The number of rotatable bonds is 5. The highest BCUT2D eigenvalue weighted by Gasteiger charge is 2.26. The van der Waals surface area contributed by atoms with Gasteiger partial charge in [0.15, 0.2) is 5.58 Å². The van der Waals surface area contributed by atoms with Gasteiger partial charge in [0, 0.05) is 11.3 Å². The molecule has 19 heavy (non-hydrogen) atoms. The lowest BCUT2D eigenvalue weighted by Gasteiger charge is -2.11. The molecule has 0 bridgehead atoms. The molecular formula is C15H20N2OS. The van der Waals surface area contributed by atoms with E-state index in [2.05, 4.69) is 17.2 Å². The number of benzene rings is 1. The Labute approximate surface area is 118 Å². The number of hydrogen-bond acceptors (Lipinski definition) is 4. The number of oxazole rings is 1. The summed E-state index contributed by atoms with van der Waals surface area (Å²) in [6.07, 6.45) is 4.96. The molecule has 1 aromatic heterocycles. The Bertz CT molecular complexity index is 507. The largest absolute Gasteiger partial charge is 0.431 e. The van der Waals surface area contributed by atoms with E-state index in [1.54, 1.807) is 11.8 Å². The molecule has 1 heterocycles. The molecule has 1 saturated carbocycles. The Balaban J connectivity index is 1.59. The molecule has 0 spiro atoms. The van der Waals surface area contributed by atoms with Gasteiger partial charge in [-0.1, -0.05) is 30.8 Å². The minimum atomic E-state index is 0.641. The lowest BCUT2D eigenvalue weighted by Crippen LogP contribution is -2.27. The Kier molecular flexibility index (Phi) is 4.09. The summed E-state index contributed by atoms with van der Waals surface area (Å²) < 4.78 is 5.78. The highest BCUT2D eigenvalue weighted by molar-refractivity contribution is 7.99. The summed E-state index contributed by atoms with van der Waals surface area (Å²) in [5, 5.41) is 5.07. The van der Waals surface area contributed by atoms with Gasteiger partial charge in [-0.3, -0.25) is 0 Å². The van der Waals surface area contributed by atoms with Gasteiger partial charge >= 0.3 is 0 Å². The van der Waals surface area contributed by atoms with Gasteiger partial charge in [-0.2, -0.15) is 0 Å². The molecule has 2 unspecified atom stereocenters. The zero-order valence-corrected chi connectivity index (χ0v) is 12.1. The summed E-state index contributed by atoms with van der Waals surface area (Å²) in [4.78, 5) is 4.54. The summed E-state index contributed by atoms with van der Waals surface area (Å²) >= 11 is 1.80. The van der Waals surface area contributed by atoms with Gasteiger partial charge in [0.25, 0.3) is 5.22 Å². The van der Waals surface area contributed by atoms with Crippen LogP contribution in [0.1, 0.15) is 32.6 Å². The number of fused-ring (bicyclic) bond motifs is 1. The van der Waals surface area contributed by atoms with E-state index in [0.29, 0.717) is 11.3 Å². The molecule has 0 saturated heterocycles. The molecule has 4 heteroatoms. The van der Waals surface area contributed by atoms with E-state index in [4.69, 9.17) is 4.42 Å². The third kappa shape index (κ3) is 3.12. The Morgan fingerprint density at radius 1 is 1.37 bits per heavy atom. The lowest BCUT2D eigenvalue weighted by atomic mass is 10.2. The van der Waals surface area contributed by atoms with Crippen LogP contribution >= 0.6 is 11.8 Å². The number of para-hydroxylation sites is 2. The van der Waals surface area contributed by atoms with Crippen molar-refractivity contribution in [3.8, 4) is 0 Å². The number of aromatic nitrogens is 1. The molecule has 0 aliphatic heterocycles. The monoisotopic (exact) mass is 276 g/mol. The Hall–Kier alpha value is -1.00. The number of nitrogens with one attached hydrogen (secondary N) is 1. The maximum atomic E-state index is 5.78. The van der Waals surface area contributed by atoms with Gasteiger partial charge in [-0.25, -0.2) is 4.98 Å². The van der Waals surface area contributed by atoms with Crippen molar-refractivity contribution in [1.82, 2.24) is 10.3 Å². The second-order valence-electron chi connectivity index (χ2n) is 5.15. The number of thioether (sulfide) groups is 1.